The summed E-state index contributed by atoms with van der Waals surface area (Å²) in [6, 6.07) is 7.84. The van der Waals surface area contributed by atoms with Crippen molar-refractivity contribution in [1.29, 1.82) is 0 Å². The fourth-order valence-electron chi connectivity index (χ4n) is 3.28. The van der Waals surface area contributed by atoms with Crippen molar-refractivity contribution in [3.8, 4) is 5.88 Å². The fourth-order valence-corrected chi connectivity index (χ4v) is 4.57. The Kier molecular flexibility index (Phi) is 4.41. The van der Waals surface area contributed by atoms with Crippen LogP contribution in [0.4, 0.5) is 0 Å². The fraction of sp³-hybridized carbons (Fsp3) is 0.412. The lowest BCUT2D eigenvalue weighted by Gasteiger charge is -2.37. The quantitative estimate of drug-likeness (QED) is 0.760. The van der Waals surface area contributed by atoms with Gasteiger partial charge in [-0.25, -0.2) is 4.98 Å². The minimum Gasteiger partial charge on any atom is -0.492 e. The maximum Gasteiger partial charge on any atom is 0.230 e. The number of thiazole rings is 1. The normalized spacial score (nSPS) is 18.0. The molecule has 0 spiro atoms. The van der Waals surface area contributed by atoms with Gasteiger partial charge in [0.05, 0.1) is 10.9 Å². The van der Waals surface area contributed by atoms with Gasteiger partial charge in [-0.2, -0.15) is 4.52 Å². The third-order valence-electron chi connectivity index (χ3n) is 4.64. The molecule has 0 saturated carbocycles. The van der Waals surface area contributed by atoms with Crippen molar-refractivity contribution >= 4 is 27.9 Å². The van der Waals surface area contributed by atoms with Crippen molar-refractivity contribution in [1.82, 2.24) is 24.4 Å². The summed E-state index contributed by atoms with van der Waals surface area (Å²) in [5.41, 5.74) is 1.12. The lowest BCUT2D eigenvalue weighted by molar-refractivity contribution is 0.127. The van der Waals surface area contributed by atoms with Crippen LogP contribution in [0.5, 0.6) is 5.88 Å². The summed E-state index contributed by atoms with van der Waals surface area (Å²) >= 11 is 7.57. The maximum absolute atomic E-state index is 10.8. The smallest absolute Gasteiger partial charge is 0.230 e. The van der Waals surface area contributed by atoms with Gasteiger partial charge in [-0.15, -0.1) is 5.10 Å². The van der Waals surface area contributed by atoms with Crippen molar-refractivity contribution in [2.24, 2.45) is 0 Å². The third kappa shape index (κ3) is 3.13. The van der Waals surface area contributed by atoms with E-state index in [4.69, 9.17) is 11.6 Å². The summed E-state index contributed by atoms with van der Waals surface area (Å²) in [5, 5.41) is 15.8. The molecule has 132 valence electrons. The molecule has 1 aliphatic heterocycles. The summed E-state index contributed by atoms with van der Waals surface area (Å²) in [4.78, 5) is 10.7. The average molecular weight is 378 g/mol. The van der Waals surface area contributed by atoms with Crippen LogP contribution < -0.4 is 0 Å². The number of hydrogen-bond donors (Lipinski definition) is 1. The van der Waals surface area contributed by atoms with Crippen LogP contribution in [0, 0.1) is 6.92 Å². The van der Waals surface area contributed by atoms with Crippen molar-refractivity contribution in [2.45, 2.75) is 13.0 Å². The maximum atomic E-state index is 10.8. The van der Waals surface area contributed by atoms with Gasteiger partial charge in [0.2, 0.25) is 10.8 Å². The van der Waals surface area contributed by atoms with E-state index in [1.54, 1.807) is 0 Å². The van der Waals surface area contributed by atoms with Crippen molar-refractivity contribution in [3.63, 3.8) is 0 Å². The van der Waals surface area contributed by atoms with Gasteiger partial charge >= 0.3 is 0 Å². The average Bonchev–Trinajstić information content (AvgIpc) is 3.09. The van der Waals surface area contributed by atoms with Crippen molar-refractivity contribution in [2.75, 3.05) is 33.2 Å². The molecular formula is C17H20ClN5OS. The zero-order valence-corrected chi connectivity index (χ0v) is 15.8. The Labute approximate surface area is 155 Å². The number of halogens is 1. The molecule has 6 nitrogen and oxygen atoms in total. The summed E-state index contributed by atoms with van der Waals surface area (Å²) in [6.45, 7) is 5.72. The highest BCUT2D eigenvalue weighted by atomic mass is 35.5. The van der Waals surface area contributed by atoms with Gasteiger partial charge in [-0.3, -0.25) is 4.90 Å². The van der Waals surface area contributed by atoms with Crippen molar-refractivity contribution in [3.05, 3.63) is 45.6 Å². The second kappa shape index (κ2) is 6.57. The van der Waals surface area contributed by atoms with Crippen LogP contribution in [0.3, 0.4) is 0 Å². The molecule has 1 aromatic carbocycles. The topological polar surface area (TPSA) is 56.9 Å². The SMILES string of the molecule is Cc1nc2sc([C@@H](c3ccc(Cl)cc3)N3CCN(C)CC3)c(O)n2n1. The largest absolute Gasteiger partial charge is 0.492 e. The van der Waals surface area contributed by atoms with E-state index < -0.39 is 0 Å². The molecule has 1 fully saturated rings. The molecule has 1 saturated heterocycles. The molecule has 4 rings (SSSR count). The van der Waals surface area contributed by atoms with E-state index in [1.165, 1.54) is 15.9 Å². The molecule has 0 aliphatic carbocycles. The first-order valence-corrected chi connectivity index (χ1v) is 9.45. The summed E-state index contributed by atoms with van der Waals surface area (Å²) in [6.07, 6.45) is 0. The molecule has 8 heteroatoms. The Bertz CT molecular complexity index is 882. The molecule has 0 amide bonds. The first-order chi connectivity index (χ1) is 12.0. The van der Waals surface area contributed by atoms with Crippen LogP contribution >= 0.6 is 22.9 Å². The summed E-state index contributed by atoms with van der Waals surface area (Å²) in [5.74, 6) is 0.843. The zero-order valence-electron chi connectivity index (χ0n) is 14.2. The number of piperazine rings is 1. The summed E-state index contributed by atoms with van der Waals surface area (Å²) < 4.78 is 1.54. The monoisotopic (exact) mass is 377 g/mol. The van der Waals surface area contributed by atoms with E-state index in [2.05, 4.69) is 26.9 Å². The number of aryl methyl sites for hydroxylation is 1. The lowest BCUT2D eigenvalue weighted by atomic mass is 10.0. The number of hydrogen-bond acceptors (Lipinski definition) is 6. The standard InChI is InChI=1S/C17H20ClN5OS/c1-11-19-17-23(20-11)16(24)15(25-17)14(12-3-5-13(18)6-4-12)22-9-7-21(2)8-10-22/h3-6,14,24H,7-10H2,1-2H3/t14-/m1/s1. The minimum atomic E-state index is -0.0280. The minimum absolute atomic E-state index is 0.0280. The van der Waals surface area contributed by atoms with E-state index >= 15 is 0 Å². The van der Waals surface area contributed by atoms with Crippen LogP contribution in [-0.2, 0) is 0 Å². The molecular weight excluding hydrogens is 358 g/mol. The van der Waals surface area contributed by atoms with Gasteiger partial charge in [-0.05, 0) is 31.7 Å². The van der Waals surface area contributed by atoms with Crippen LogP contribution in [0.1, 0.15) is 22.3 Å². The number of aromatic hydroxyl groups is 1. The molecule has 0 unspecified atom stereocenters. The predicted molar refractivity (Wildman–Crippen MR) is 99.6 cm³/mol. The van der Waals surface area contributed by atoms with Crippen molar-refractivity contribution < 1.29 is 5.11 Å². The Hall–Kier alpha value is -1.67. The number of likely N-dealkylation sites (N-methyl/N-ethyl adjacent to an activating group) is 1. The Morgan fingerprint density at radius 2 is 1.84 bits per heavy atom. The molecule has 2 aromatic heterocycles. The molecule has 0 bridgehead atoms. The van der Waals surface area contributed by atoms with Crippen LogP contribution in [-0.4, -0.2) is 62.7 Å². The molecule has 3 heterocycles. The first kappa shape index (κ1) is 16.8. The molecule has 1 atom stereocenters. The van der Waals surface area contributed by atoms with E-state index in [0.717, 1.165) is 41.6 Å². The molecule has 25 heavy (non-hydrogen) atoms. The van der Waals surface area contributed by atoms with E-state index in [0.29, 0.717) is 10.8 Å². The number of benzene rings is 1. The first-order valence-electron chi connectivity index (χ1n) is 8.26. The van der Waals surface area contributed by atoms with Gasteiger partial charge in [0, 0.05) is 31.2 Å². The second-order valence-electron chi connectivity index (χ2n) is 6.44. The number of aromatic nitrogens is 3. The number of nitrogens with zero attached hydrogens (tertiary/aromatic N) is 5. The van der Waals surface area contributed by atoms with E-state index in [1.807, 2.05) is 31.2 Å². The Morgan fingerprint density at radius 1 is 1.16 bits per heavy atom. The van der Waals surface area contributed by atoms with Crippen LogP contribution in [0.15, 0.2) is 24.3 Å². The molecule has 3 aromatic rings. The highest BCUT2D eigenvalue weighted by Gasteiger charge is 2.31. The molecule has 1 N–H and O–H groups in total. The van der Waals surface area contributed by atoms with E-state index in [9.17, 15) is 5.11 Å². The van der Waals surface area contributed by atoms with Crippen LogP contribution in [0.2, 0.25) is 5.02 Å². The van der Waals surface area contributed by atoms with Gasteiger partial charge in [0.25, 0.3) is 0 Å². The second-order valence-corrected chi connectivity index (χ2v) is 7.88. The van der Waals surface area contributed by atoms with Crippen LogP contribution in [0.25, 0.3) is 4.96 Å². The van der Waals surface area contributed by atoms with E-state index in [-0.39, 0.29) is 11.9 Å². The number of rotatable bonds is 3. The Balaban J connectivity index is 1.79. The third-order valence-corrected chi connectivity index (χ3v) is 5.97. The molecule has 1 aliphatic rings. The summed E-state index contributed by atoms with van der Waals surface area (Å²) in [7, 11) is 2.14. The number of fused-ring (bicyclic) bond motifs is 1. The predicted octanol–water partition coefficient (Wildman–Crippen LogP) is 2.80. The Morgan fingerprint density at radius 3 is 2.48 bits per heavy atom. The zero-order chi connectivity index (χ0) is 17.6. The van der Waals surface area contributed by atoms with Gasteiger partial charge in [0.1, 0.15) is 5.82 Å². The highest BCUT2D eigenvalue weighted by molar-refractivity contribution is 7.17. The lowest BCUT2D eigenvalue weighted by Crippen LogP contribution is -2.46. The van der Waals surface area contributed by atoms with Gasteiger partial charge in [-0.1, -0.05) is 35.1 Å². The van der Waals surface area contributed by atoms with Gasteiger partial charge < -0.3 is 10.0 Å². The molecule has 0 radical (unpaired) electrons. The van der Waals surface area contributed by atoms with Gasteiger partial charge in [0.15, 0.2) is 0 Å². The highest BCUT2D eigenvalue weighted by Crippen LogP contribution is 2.40.